The van der Waals surface area contributed by atoms with E-state index in [9.17, 15) is 5.11 Å². The van der Waals surface area contributed by atoms with Crippen LogP contribution in [0.2, 0.25) is 0 Å². The third-order valence-corrected chi connectivity index (χ3v) is 3.69. The van der Waals surface area contributed by atoms with E-state index in [-0.39, 0.29) is 12.7 Å². The minimum atomic E-state index is -0.552. The highest BCUT2D eigenvalue weighted by Gasteiger charge is 2.22. The Labute approximate surface area is 137 Å². The quantitative estimate of drug-likeness (QED) is 0.792. The van der Waals surface area contributed by atoms with Crippen LogP contribution in [0.5, 0.6) is 5.75 Å². The van der Waals surface area contributed by atoms with Crippen molar-refractivity contribution >= 4 is 0 Å². The van der Waals surface area contributed by atoms with Crippen molar-refractivity contribution in [2.24, 2.45) is 0 Å². The van der Waals surface area contributed by atoms with Gasteiger partial charge in [-0.15, -0.1) is 0 Å². The van der Waals surface area contributed by atoms with E-state index in [1.165, 1.54) is 0 Å². The molecule has 2 unspecified atom stereocenters. The first-order chi connectivity index (χ1) is 11.1. The van der Waals surface area contributed by atoms with Gasteiger partial charge in [-0.3, -0.25) is 4.90 Å². The fraction of sp³-hybridized carbons (Fsp3) is 0.588. The molecule has 1 heterocycles. The number of nitrogens with zero attached hydrogens (tertiary/aromatic N) is 3. The summed E-state index contributed by atoms with van der Waals surface area (Å²) in [6.45, 7) is 4.05. The molecule has 0 amide bonds. The topological polar surface area (TPSA) is 69.0 Å². The molecular weight excluding hydrogens is 294 g/mol. The first-order valence-electron chi connectivity index (χ1n) is 7.86. The number of rotatable bonds is 7. The maximum absolute atomic E-state index is 10.2. The summed E-state index contributed by atoms with van der Waals surface area (Å²) < 4.78 is 11.3. The van der Waals surface area contributed by atoms with Gasteiger partial charge in [0.15, 0.2) is 0 Å². The smallest absolute Gasteiger partial charge is 0.119 e. The van der Waals surface area contributed by atoms with E-state index in [1.54, 1.807) is 24.3 Å². The average molecular weight is 319 g/mol. The second-order valence-electron chi connectivity index (χ2n) is 6.12. The van der Waals surface area contributed by atoms with E-state index in [2.05, 4.69) is 15.9 Å². The van der Waals surface area contributed by atoms with Crippen molar-refractivity contribution in [2.45, 2.75) is 12.2 Å². The number of aliphatic hydroxyl groups is 1. The Kier molecular flexibility index (Phi) is 6.81. The van der Waals surface area contributed by atoms with Crippen LogP contribution in [0.1, 0.15) is 5.56 Å². The van der Waals surface area contributed by atoms with E-state index in [4.69, 9.17) is 14.7 Å². The highest BCUT2D eigenvalue weighted by atomic mass is 16.5. The summed E-state index contributed by atoms with van der Waals surface area (Å²) in [7, 11) is 4.06. The van der Waals surface area contributed by atoms with E-state index >= 15 is 0 Å². The van der Waals surface area contributed by atoms with Crippen molar-refractivity contribution < 1.29 is 14.6 Å². The second kappa shape index (κ2) is 8.85. The van der Waals surface area contributed by atoms with Gasteiger partial charge < -0.3 is 19.5 Å². The molecule has 1 aliphatic rings. The Morgan fingerprint density at radius 3 is 2.83 bits per heavy atom. The number of β-amino-alcohol motifs (C(OH)–C–C–N with tert-alkyl or cyclic N) is 1. The van der Waals surface area contributed by atoms with Crippen molar-refractivity contribution in [2.75, 3.05) is 53.5 Å². The molecule has 0 bridgehead atoms. The lowest BCUT2D eigenvalue weighted by atomic mass is 10.2. The molecule has 126 valence electrons. The van der Waals surface area contributed by atoms with Crippen LogP contribution >= 0.6 is 0 Å². The molecule has 1 fully saturated rings. The number of morpholine rings is 1. The van der Waals surface area contributed by atoms with Crippen LogP contribution in [0, 0.1) is 11.3 Å². The lowest BCUT2D eigenvalue weighted by Gasteiger charge is -2.35. The standard InChI is InChI=1S/C17H25N3O3/c1-19(2)11-17-12-20(7-8-22-17)10-15(21)13-23-16-5-3-14(9-18)4-6-16/h3-6,15,17,21H,7-8,10-13H2,1-2H3. The summed E-state index contributed by atoms with van der Waals surface area (Å²) in [4.78, 5) is 4.32. The van der Waals surface area contributed by atoms with Crippen molar-refractivity contribution in [3.8, 4) is 11.8 Å². The Hall–Kier alpha value is -1.65. The Morgan fingerprint density at radius 2 is 2.17 bits per heavy atom. The van der Waals surface area contributed by atoms with Gasteiger partial charge in [0.1, 0.15) is 18.5 Å². The lowest BCUT2D eigenvalue weighted by molar-refractivity contribution is -0.0519. The molecule has 2 rings (SSSR count). The number of likely N-dealkylation sites (N-methyl/N-ethyl adjacent to an activating group) is 1. The first kappa shape index (κ1) is 17.7. The van der Waals surface area contributed by atoms with Crippen molar-refractivity contribution in [3.05, 3.63) is 29.8 Å². The van der Waals surface area contributed by atoms with Gasteiger partial charge in [-0.25, -0.2) is 0 Å². The average Bonchev–Trinajstić information content (AvgIpc) is 2.53. The molecular formula is C17H25N3O3. The van der Waals surface area contributed by atoms with E-state index < -0.39 is 6.10 Å². The lowest BCUT2D eigenvalue weighted by Crippen LogP contribution is -2.49. The van der Waals surface area contributed by atoms with Crippen molar-refractivity contribution in [1.82, 2.24) is 9.80 Å². The number of ether oxygens (including phenoxy) is 2. The van der Waals surface area contributed by atoms with Gasteiger partial charge in [-0.05, 0) is 38.4 Å². The molecule has 0 saturated carbocycles. The van der Waals surface area contributed by atoms with Crippen LogP contribution < -0.4 is 4.74 Å². The monoisotopic (exact) mass is 319 g/mol. The Balaban J connectivity index is 1.73. The van der Waals surface area contributed by atoms with Gasteiger partial charge in [-0.2, -0.15) is 5.26 Å². The van der Waals surface area contributed by atoms with Gasteiger partial charge in [0, 0.05) is 26.2 Å². The Morgan fingerprint density at radius 1 is 1.43 bits per heavy atom. The van der Waals surface area contributed by atoms with Crippen LogP contribution in [0.25, 0.3) is 0 Å². The van der Waals surface area contributed by atoms with Crippen LogP contribution in [-0.2, 0) is 4.74 Å². The van der Waals surface area contributed by atoms with Crippen molar-refractivity contribution in [3.63, 3.8) is 0 Å². The summed E-state index contributed by atoms with van der Waals surface area (Å²) in [6, 6.07) is 8.96. The predicted molar refractivity (Wildman–Crippen MR) is 87.4 cm³/mol. The number of aliphatic hydroxyl groups excluding tert-OH is 1. The molecule has 0 spiro atoms. The van der Waals surface area contributed by atoms with Gasteiger partial charge in [0.2, 0.25) is 0 Å². The number of nitriles is 1. The molecule has 1 N–H and O–H groups in total. The molecule has 1 aromatic rings. The molecule has 1 aromatic carbocycles. The summed E-state index contributed by atoms with van der Waals surface area (Å²) in [5.74, 6) is 0.663. The third-order valence-electron chi connectivity index (χ3n) is 3.69. The zero-order chi connectivity index (χ0) is 16.7. The third kappa shape index (κ3) is 6.16. The molecule has 6 heteroatoms. The molecule has 6 nitrogen and oxygen atoms in total. The van der Waals surface area contributed by atoms with Gasteiger partial charge >= 0.3 is 0 Å². The van der Waals surface area contributed by atoms with Gasteiger partial charge in [0.05, 0.1) is 24.3 Å². The molecule has 0 aliphatic carbocycles. The highest BCUT2D eigenvalue weighted by Crippen LogP contribution is 2.12. The second-order valence-corrected chi connectivity index (χ2v) is 6.12. The fourth-order valence-electron chi connectivity index (χ4n) is 2.63. The minimum absolute atomic E-state index is 0.186. The molecule has 0 aromatic heterocycles. The summed E-state index contributed by atoms with van der Waals surface area (Å²) >= 11 is 0. The van der Waals surface area contributed by atoms with Gasteiger partial charge in [0.25, 0.3) is 0 Å². The minimum Gasteiger partial charge on any atom is -0.491 e. The van der Waals surface area contributed by atoms with Crippen LogP contribution in [-0.4, -0.2) is 80.6 Å². The highest BCUT2D eigenvalue weighted by molar-refractivity contribution is 5.34. The maximum atomic E-state index is 10.2. The molecule has 0 radical (unpaired) electrons. The summed E-state index contributed by atoms with van der Waals surface area (Å²) in [5, 5.41) is 18.9. The zero-order valence-electron chi connectivity index (χ0n) is 13.8. The predicted octanol–water partition coefficient (Wildman–Crippen LogP) is 0.560. The maximum Gasteiger partial charge on any atom is 0.119 e. The normalized spacial score (nSPS) is 20.2. The number of hydrogen-bond acceptors (Lipinski definition) is 6. The van der Waals surface area contributed by atoms with E-state index in [0.29, 0.717) is 24.5 Å². The van der Waals surface area contributed by atoms with E-state index in [1.807, 2.05) is 14.1 Å². The first-order valence-corrected chi connectivity index (χ1v) is 7.86. The molecule has 23 heavy (non-hydrogen) atoms. The zero-order valence-corrected chi connectivity index (χ0v) is 13.8. The molecule has 1 saturated heterocycles. The van der Waals surface area contributed by atoms with Crippen LogP contribution in [0.3, 0.4) is 0 Å². The number of hydrogen-bond donors (Lipinski definition) is 1. The van der Waals surface area contributed by atoms with Crippen molar-refractivity contribution in [1.29, 1.82) is 5.26 Å². The molecule has 2 atom stereocenters. The van der Waals surface area contributed by atoms with Gasteiger partial charge in [-0.1, -0.05) is 0 Å². The summed E-state index contributed by atoms with van der Waals surface area (Å²) in [6.07, 6.45) is -0.367. The van der Waals surface area contributed by atoms with Crippen LogP contribution in [0.4, 0.5) is 0 Å². The summed E-state index contributed by atoms with van der Waals surface area (Å²) in [5.41, 5.74) is 0.596. The van der Waals surface area contributed by atoms with Crippen LogP contribution in [0.15, 0.2) is 24.3 Å². The number of benzene rings is 1. The largest absolute Gasteiger partial charge is 0.491 e. The fourth-order valence-corrected chi connectivity index (χ4v) is 2.63. The SMILES string of the molecule is CN(C)CC1CN(CC(O)COc2ccc(C#N)cc2)CCO1. The molecule has 1 aliphatic heterocycles. The van der Waals surface area contributed by atoms with E-state index in [0.717, 1.165) is 19.6 Å². The Bertz CT molecular complexity index is 513.